The van der Waals surface area contributed by atoms with Gasteiger partial charge in [-0.15, -0.1) is 0 Å². The molecule has 0 bridgehead atoms. The third-order valence-corrected chi connectivity index (χ3v) is 3.19. The van der Waals surface area contributed by atoms with Crippen LogP contribution in [0, 0.1) is 0 Å². The Balaban J connectivity index is 2.26. The van der Waals surface area contributed by atoms with Crippen LogP contribution < -0.4 is 15.4 Å². The maximum Gasteiger partial charge on any atom is 0.170 e. The zero-order chi connectivity index (χ0) is 15.4. The highest BCUT2D eigenvalue weighted by atomic mass is 35.5. The summed E-state index contributed by atoms with van der Waals surface area (Å²) in [5.41, 5.74) is 7.06. The molecule has 0 saturated heterocycles. The molecule has 0 spiro atoms. The molecule has 0 atom stereocenters. The van der Waals surface area contributed by atoms with Crippen molar-refractivity contribution in [3.05, 3.63) is 53.1 Å². The first-order valence-electron chi connectivity index (χ1n) is 6.24. The van der Waals surface area contributed by atoms with E-state index < -0.39 is 0 Å². The SMILES string of the molecule is CN(C)c1cccc(Oc2ccc(C(N)=NO)cc2Cl)c1. The Labute approximate surface area is 128 Å². The van der Waals surface area contributed by atoms with Crippen molar-refractivity contribution in [2.75, 3.05) is 19.0 Å². The summed E-state index contributed by atoms with van der Waals surface area (Å²) in [6.45, 7) is 0. The van der Waals surface area contributed by atoms with Gasteiger partial charge in [0.05, 0.1) is 5.02 Å². The van der Waals surface area contributed by atoms with Crippen LogP contribution in [-0.2, 0) is 0 Å². The van der Waals surface area contributed by atoms with E-state index in [2.05, 4.69) is 5.16 Å². The minimum Gasteiger partial charge on any atom is -0.456 e. The first kappa shape index (κ1) is 15.0. The number of nitrogens with zero attached hydrogens (tertiary/aromatic N) is 2. The molecule has 0 aliphatic carbocycles. The summed E-state index contributed by atoms with van der Waals surface area (Å²) in [5, 5.41) is 12.0. The molecule has 5 nitrogen and oxygen atoms in total. The van der Waals surface area contributed by atoms with Gasteiger partial charge in [0, 0.05) is 31.4 Å². The standard InChI is InChI=1S/C15H16ClN3O2/c1-19(2)11-4-3-5-12(9-11)21-14-7-6-10(8-13(14)16)15(17)18-20/h3-9,20H,1-2H3,(H2,17,18). The number of nitrogens with two attached hydrogens (primary N) is 1. The molecule has 110 valence electrons. The molecule has 0 aliphatic rings. The molecule has 0 amide bonds. The highest BCUT2D eigenvalue weighted by Gasteiger charge is 2.08. The minimum absolute atomic E-state index is 0.00180. The second-order valence-corrected chi connectivity index (χ2v) is 5.03. The van der Waals surface area contributed by atoms with Gasteiger partial charge in [0.15, 0.2) is 5.84 Å². The summed E-state index contributed by atoms with van der Waals surface area (Å²) < 4.78 is 5.77. The topological polar surface area (TPSA) is 71.1 Å². The van der Waals surface area contributed by atoms with Crippen molar-refractivity contribution in [1.82, 2.24) is 0 Å². The van der Waals surface area contributed by atoms with Crippen LogP contribution in [0.3, 0.4) is 0 Å². The van der Waals surface area contributed by atoms with Crippen LogP contribution in [0.25, 0.3) is 0 Å². The predicted molar refractivity (Wildman–Crippen MR) is 84.8 cm³/mol. The van der Waals surface area contributed by atoms with Gasteiger partial charge in [-0.25, -0.2) is 0 Å². The summed E-state index contributed by atoms with van der Waals surface area (Å²) in [7, 11) is 3.91. The number of rotatable bonds is 4. The fourth-order valence-corrected chi connectivity index (χ4v) is 1.97. The second kappa shape index (κ2) is 6.37. The van der Waals surface area contributed by atoms with Crippen molar-refractivity contribution in [2.24, 2.45) is 10.9 Å². The van der Waals surface area contributed by atoms with Gasteiger partial charge in [-0.05, 0) is 30.3 Å². The zero-order valence-corrected chi connectivity index (χ0v) is 12.5. The Hall–Kier alpha value is -2.40. The zero-order valence-electron chi connectivity index (χ0n) is 11.7. The molecule has 0 aliphatic heterocycles. The number of halogens is 1. The monoisotopic (exact) mass is 305 g/mol. The molecule has 2 aromatic rings. The van der Waals surface area contributed by atoms with Gasteiger partial charge in [0.25, 0.3) is 0 Å². The van der Waals surface area contributed by atoms with Gasteiger partial charge in [-0.1, -0.05) is 22.8 Å². The normalized spacial score (nSPS) is 11.3. The molecule has 0 heterocycles. The third kappa shape index (κ3) is 3.58. The van der Waals surface area contributed by atoms with E-state index in [9.17, 15) is 0 Å². The van der Waals surface area contributed by atoms with Crippen LogP contribution in [0.2, 0.25) is 5.02 Å². The number of amidine groups is 1. The average Bonchev–Trinajstić information content (AvgIpc) is 2.48. The Morgan fingerprint density at radius 2 is 2.00 bits per heavy atom. The smallest absolute Gasteiger partial charge is 0.170 e. The lowest BCUT2D eigenvalue weighted by molar-refractivity contribution is 0.318. The number of oxime groups is 1. The van der Waals surface area contributed by atoms with E-state index in [1.165, 1.54) is 0 Å². The number of hydrogen-bond donors (Lipinski definition) is 2. The van der Waals surface area contributed by atoms with E-state index >= 15 is 0 Å². The second-order valence-electron chi connectivity index (χ2n) is 4.62. The first-order valence-corrected chi connectivity index (χ1v) is 6.61. The average molecular weight is 306 g/mol. The highest BCUT2D eigenvalue weighted by molar-refractivity contribution is 6.32. The van der Waals surface area contributed by atoms with Crippen LogP contribution in [0.5, 0.6) is 11.5 Å². The van der Waals surface area contributed by atoms with Crippen molar-refractivity contribution in [2.45, 2.75) is 0 Å². The molecule has 0 aromatic heterocycles. The largest absolute Gasteiger partial charge is 0.456 e. The quantitative estimate of drug-likeness (QED) is 0.393. The van der Waals surface area contributed by atoms with Gasteiger partial charge in [-0.2, -0.15) is 0 Å². The molecule has 21 heavy (non-hydrogen) atoms. The lowest BCUT2D eigenvalue weighted by Crippen LogP contribution is -2.12. The molecular formula is C15H16ClN3O2. The minimum atomic E-state index is -0.00180. The lowest BCUT2D eigenvalue weighted by atomic mass is 10.2. The Morgan fingerprint density at radius 1 is 1.24 bits per heavy atom. The van der Waals surface area contributed by atoms with Gasteiger partial charge in [-0.3, -0.25) is 0 Å². The molecule has 0 radical (unpaired) electrons. The maximum absolute atomic E-state index is 8.65. The van der Waals surface area contributed by atoms with Crippen molar-refractivity contribution in [3.8, 4) is 11.5 Å². The molecule has 2 aromatic carbocycles. The molecule has 0 fully saturated rings. The van der Waals surface area contributed by atoms with E-state index in [1.807, 2.05) is 43.3 Å². The van der Waals surface area contributed by atoms with Crippen LogP contribution in [-0.4, -0.2) is 25.1 Å². The summed E-state index contributed by atoms with van der Waals surface area (Å²) >= 11 is 6.16. The molecule has 2 rings (SSSR count). The van der Waals surface area contributed by atoms with Crippen LogP contribution >= 0.6 is 11.6 Å². The number of anilines is 1. The van der Waals surface area contributed by atoms with E-state index in [-0.39, 0.29) is 5.84 Å². The van der Waals surface area contributed by atoms with Crippen molar-refractivity contribution in [3.63, 3.8) is 0 Å². The van der Waals surface area contributed by atoms with Gasteiger partial charge in [0.1, 0.15) is 11.5 Å². The fraction of sp³-hybridized carbons (Fsp3) is 0.133. The Bertz CT molecular complexity index is 672. The number of benzene rings is 2. The van der Waals surface area contributed by atoms with Crippen LogP contribution in [0.4, 0.5) is 5.69 Å². The summed E-state index contributed by atoms with van der Waals surface area (Å²) in [5.74, 6) is 1.18. The summed E-state index contributed by atoms with van der Waals surface area (Å²) in [4.78, 5) is 1.98. The summed E-state index contributed by atoms with van der Waals surface area (Å²) in [6.07, 6.45) is 0. The molecule has 0 saturated carbocycles. The van der Waals surface area contributed by atoms with Crippen molar-refractivity contribution >= 4 is 23.1 Å². The van der Waals surface area contributed by atoms with Gasteiger partial charge in [0.2, 0.25) is 0 Å². The van der Waals surface area contributed by atoms with E-state index in [0.717, 1.165) is 5.69 Å². The third-order valence-electron chi connectivity index (χ3n) is 2.90. The molecule has 0 unspecified atom stereocenters. The van der Waals surface area contributed by atoms with Crippen LogP contribution in [0.1, 0.15) is 5.56 Å². The predicted octanol–water partition coefficient (Wildman–Crippen LogP) is 3.29. The summed E-state index contributed by atoms with van der Waals surface area (Å²) in [6, 6.07) is 12.6. The van der Waals surface area contributed by atoms with E-state index in [1.54, 1.807) is 18.2 Å². The lowest BCUT2D eigenvalue weighted by Gasteiger charge is -2.14. The van der Waals surface area contributed by atoms with Gasteiger partial charge >= 0.3 is 0 Å². The van der Waals surface area contributed by atoms with E-state index in [0.29, 0.717) is 22.1 Å². The Kier molecular flexibility index (Phi) is 4.55. The Morgan fingerprint density at radius 3 is 2.62 bits per heavy atom. The number of hydrogen-bond acceptors (Lipinski definition) is 4. The first-order chi connectivity index (χ1) is 10.0. The van der Waals surface area contributed by atoms with Crippen molar-refractivity contribution < 1.29 is 9.94 Å². The van der Waals surface area contributed by atoms with Crippen molar-refractivity contribution in [1.29, 1.82) is 0 Å². The van der Waals surface area contributed by atoms with Gasteiger partial charge < -0.3 is 20.6 Å². The number of ether oxygens (including phenoxy) is 1. The fourth-order valence-electron chi connectivity index (χ4n) is 1.75. The highest BCUT2D eigenvalue weighted by Crippen LogP contribution is 2.31. The van der Waals surface area contributed by atoms with E-state index in [4.69, 9.17) is 27.3 Å². The molecule has 3 N–H and O–H groups in total. The molecular weight excluding hydrogens is 290 g/mol. The molecule has 6 heteroatoms. The van der Waals surface area contributed by atoms with Crippen LogP contribution in [0.15, 0.2) is 47.6 Å². The maximum atomic E-state index is 8.65.